The molecule has 0 aliphatic carbocycles. The number of nitrogens with zero attached hydrogens (tertiary/aromatic N) is 2. The van der Waals surface area contributed by atoms with E-state index in [0.29, 0.717) is 30.6 Å². The molecule has 0 radical (unpaired) electrons. The molecule has 0 spiro atoms. The predicted octanol–water partition coefficient (Wildman–Crippen LogP) is 4.39. The van der Waals surface area contributed by atoms with Crippen molar-refractivity contribution in [1.29, 1.82) is 0 Å². The van der Waals surface area contributed by atoms with Crippen LogP contribution in [-0.4, -0.2) is 39.7 Å². The normalized spacial score (nSPS) is 24.0. The molecule has 1 saturated heterocycles. The van der Waals surface area contributed by atoms with Gasteiger partial charge in [0, 0.05) is 20.0 Å². The number of rotatable bonds is 4. The molecule has 2 aliphatic heterocycles. The van der Waals surface area contributed by atoms with E-state index in [1.54, 1.807) is 19.9 Å². The van der Waals surface area contributed by atoms with Crippen molar-refractivity contribution < 1.29 is 22.8 Å². The topological polar surface area (TPSA) is 61.8 Å². The second kappa shape index (κ2) is 8.61. The zero-order valence-corrected chi connectivity index (χ0v) is 18.1. The van der Waals surface area contributed by atoms with Gasteiger partial charge in [-0.15, -0.1) is 0 Å². The van der Waals surface area contributed by atoms with Crippen molar-refractivity contribution in [3.8, 4) is 0 Å². The SMILES string of the molecule is CC(=O)N1CCC(CC2(C)SC(N[C@@H](C)c3ccccc3C(F)(F)F)=NC2=O)CC1. The largest absolute Gasteiger partial charge is 0.416 e. The van der Waals surface area contributed by atoms with Crippen molar-refractivity contribution >= 4 is 28.7 Å². The van der Waals surface area contributed by atoms with Crippen LogP contribution < -0.4 is 5.32 Å². The van der Waals surface area contributed by atoms with Crippen molar-refractivity contribution in [3.05, 3.63) is 35.4 Å². The number of hydrogen-bond donors (Lipinski definition) is 1. The lowest BCUT2D eigenvalue weighted by Crippen LogP contribution is -2.40. The summed E-state index contributed by atoms with van der Waals surface area (Å²) >= 11 is 1.29. The molecular weight excluding hydrogens is 415 g/mol. The molecule has 0 bridgehead atoms. The Kier molecular flexibility index (Phi) is 6.50. The quantitative estimate of drug-likeness (QED) is 0.753. The van der Waals surface area contributed by atoms with Crippen LogP contribution in [0.4, 0.5) is 13.2 Å². The Morgan fingerprint density at radius 1 is 1.33 bits per heavy atom. The van der Waals surface area contributed by atoms with Crippen LogP contribution in [0.3, 0.4) is 0 Å². The Balaban J connectivity index is 1.63. The third kappa shape index (κ3) is 4.99. The van der Waals surface area contributed by atoms with E-state index >= 15 is 0 Å². The van der Waals surface area contributed by atoms with E-state index in [1.165, 1.54) is 23.9 Å². The standard InChI is InChI=1S/C21H26F3N3O2S/c1-13(16-6-4-5-7-17(16)21(22,23)24)25-19-26-18(29)20(3,30-19)12-15-8-10-27(11-9-15)14(2)28/h4-7,13,15H,8-12H2,1-3H3,(H,25,26,29)/t13-,20?/m0/s1. The molecule has 3 rings (SSSR count). The van der Waals surface area contributed by atoms with E-state index < -0.39 is 22.5 Å². The van der Waals surface area contributed by atoms with Gasteiger partial charge in [-0.25, -0.2) is 0 Å². The number of nitrogens with one attached hydrogen (secondary N) is 1. The third-order valence-corrected chi connectivity index (χ3v) is 6.98. The maximum atomic E-state index is 13.3. The maximum Gasteiger partial charge on any atom is 0.416 e. The Morgan fingerprint density at radius 2 is 1.97 bits per heavy atom. The molecule has 2 amide bonds. The van der Waals surface area contributed by atoms with E-state index in [9.17, 15) is 22.8 Å². The minimum atomic E-state index is -4.45. The third-order valence-electron chi connectivity index (χ3n) is 5.79. The van der Waals surface area contributed by atoms with Gasteiger partial charge in [0.15, 0.2) is 5.17 Å². The summed E-state index contributed by atoms with van der Waals surface area (Å²) in [6.07, 6.45) is -2.15. The highest BCUT2D eigenvalue weighted by atomic mass is 32.2. The number of carbonyl (C=O) groups excluding carboxylic acids is 2. The second-order valence-electron chi connectivity index (χ2n) is 8.16. The molecule has 2 aliphatic rings. The maximum absolute atomic E-state index is 13.3. The van der Waals surface area contributed by atoms with Crippen molar-refractivity contribution in [1.82, 2.24) is 10.2 Å². The second-order valence-corrected chi connectivity index (χ2v) is 9.65. The highest BCUT2D eigenvalue weighted by Gasteiger charge is 2.44. The van der Waals surface area contributed by atoms with Gasteiger partial charge in [-0.2, -0.15) is 18.2 Å². The molecular formula is C21H26F3N3O2S. The molecule has 30 heavy (non-hydrogen) atoms. The van der Waals surface area contributed by atoms with Gasteiger partial charge < -0.3 is 10.2 Å². The summed E-state index contributed by atoms with van der Waals surface area (Å²) in [6, 6.07) is 4.76. The number of benzene rings is 1. The highest BCUT2D eigenvalue weighted by molar-refractivity contribution is 8.16. The lowest BCUT2D eigenvalue weighted by atomic mass is 9.87. The van der Waals surface area contributed by atoms with E-state index in [-0.39, 0.29) is 17.4 Å². The summed E-state index contributed by atoms with van der Waals surface area (Å²) in [4.78, 5) is 30.0. The van der Waals surface area contributed by atoms with Gasteiger partial charge in [-0.3, -0.25) is 9.59 Å². The zero-order chi connectivity index (χ0) is 22.1. The van der Waals surface area contributed by atoms with Crippen molar-refractivity contribution in [2.75, 3.05) is 13.1 Å². The van der Waals surface area contributed by atoms with Gasteiger partial charge in [-0.05, 0) is 50.7 Å². The summed E-state index contributed by atoms with van der Waals surface area (Å²) in [5.74, 6) is 0.106. The minimum absolute atomic E-state index is 0.0638. The van der Waals surface area contributed by atoms with Gasteiger partial charge in [-0.1, -0.05) is 30.0 Å². The van der Waals surface area contributed by atoms with Crippen LogP contribution in [0.25, 0.3) is 0 Å². The van der Waals surface area contributed by atoms with Gasteiger partial charge >= 0.3 is 6.18 Å². The minimum Gasteiger partial charge on any atom is -0.358 e. The van der Waals surface area contributed by atoms with Gasteiger partial charge in [0.05, 0.1) is 11.6 Å². The van der Waals surface area contributed by atoms with Gasteiger partial charge in [0.2, 0.25) is 5.91 Å². The molecule has 0 aromatic heterocycles. The summed E-state index contributed by atoms with van der Waals surface area (Å²) < 4.78 is 39.2. The van der Waals surface area contributed by atoms with E-state index in [4.69, 9.17) is 0 Å². The van der Waals surface area contributed by atoms with E-state index in [2.05, 4.69) is 10.3 Å². The van der Waals surface area contributed by atoms with Crippen LogP contribution >= 0.6 is 11.8 Å². The lowest BCUT2D eigenvalue weighted by molar-refractivity contribution is -0.138. The Labute approximate surface area is 178 Å². The summed E-state index contributed by atoms with van der Waals surface area (Å²) in [5.41, 5.74) is -0.578. The molecule has 5 nitrogen and oxygen atoms in total. The molecule has 1 fully saturated rings. The van der Waals surface area contributed by atoms with Crippen LogP contribution in [0.1, 0.15) is 57.2 Å². The van der Waals surface area contributed by atoms with Crippen molar-refractivity contribution in [3.63, 3.8) is 0 Å². The summed E-state index contributed by atoms with van der Waals surface area (Å²) in [6.45, 7) is 6.40. The number of halogens is 3. The molecule has 1 unspecified atom stereocenters. The monoisotopic (exact) mass is 441 g/mol. The average molecular weight is 442 g/mol. The van der Waals surface area contributed by atoms with Gasteiger partial charge in [0.25, 0.3) is 5.91 Å². The Hall–Kier alpha value is -2.03. The molecule has 164 valence electrons. The fourth-order valence-corrected chi connectivity index (χ4v) is 5.32. The van der Waals surface area contributed by atoms with Crippen molar-refractivity contribution in [2.45, 2.75) is 57.0 Å². The molecule has 1 aromatic rings. The molecule has 9 heteroatoms. The number of hydrogen-bond acceptors (Lipinski definition) is 4. The predicted molar refractivity (Wildman–Crippen MR) is 111 cm³/mol. The lowest BCUT2D eigenvalue weighted by Gasteiger charge is -2.34. The van der Waals surface area contributed by atoms with E-state index in [0.717, 1.165) is 18.9 Å². The number of aliphatic imine (C=N–C) groups is 1. The van der Waals surface area contributed by atoms with Crippen LogP contribution in [-0.2, 0) is 15.8 Å². The fraction of sp³-hybridized carbons (Fsp3) is 0.571. The Morgan fingerprint density at radius 3 is 2.57 bits per heavy atom. The first-order valence-electron chi connectivity index (χ1n) is 10.00. The smallest absolute Gasteiger partial charge is 0.358 e. The first-order valence-corrected chi connectivity index (χ1v) is 10.8. The molecule has 0 saturated carbocycles. The summed E-state index contributed by atoms with van der Waals surface area (Å²) in [7, 11) is 0. The molecule has 1 aromatic carbocycles. The first-order chi connectivity index (χ1) is 14.0. The van der Waals surface area contributed by atoms with Crippen LogP contribution in [0.5, 0.6) is 0 Å². The highest BCUT2D eigenvalue weighted by Crippen LogP contribution is 2.41. The fourth-order valence-electron chi connectivity index (χ4n) is 4.08. The zero-order valence-electron chi connectivity index (χ0n) is 17.3. The number of carbonyl (C=O) groups is 2. The van der Waals surface area contributed by atoms with E-state index in [1.807, 2.05) is 11.8 Å². The number of alkyl halides is 3. The first kappa shape index (κ1) is 22.7. The van der Waals surface area contributed by atoms with Crippen LogP contribution in [0.15, 0.2) is 29.3 Å². The number of amides is 2. The number of amidine groups is 1. The van der Waals surface area contributed by atoms with Crippen molar-refractivity contribution in [2.24, 2.45) is 10.9 Å². The average Bonchev–Trinajstić information content (AvgIpc) is 2.94. The molecule has 2 heterocycles. The molecule has 1 N–H and O–H groups in total. The number of likely N-dealkylation sites (tertiary alicyclic amines) is 1. The number of piperidine rings is 1. The van der Waals surface area contributed by atoms with Gasteiger partial charge in [0.1, 0.15) is 4.75 Å². The summed E-state index contributed by atoms with van der Waals surface area (Å²) in [5, 5.41) is 3.35. The van der Waals surface area contributed by atoms with Crippen LogP contribution in [0.2, 0.25) is 0 Å². The number of thioether (sulfide) groups is 1. The Bertz CT molecular complexity index is 850. The van der Waals surface area contributed by atoms with Crippen LogP contribution in [0, 0.1) is 5.92 Å². The molecule has 2 atom stereocenters.